The highest BCUT2D eigenvalue weighted by molar-refractivity contribution is 8.01. The zero-order valence-electron chi connectivity index (χ0n) is 19.9. The average Bonchev–Trinajstić information content (AvgIpc) is 3.59. The second-order valence-corrected chi connectivity index (χ2v) is 12.6. The molecule has 3 aromatic rings. The Morgan fingerprint density at radius 1 is 1.30 bits per heavy atom. The lowest BCUT2D eigenvalue weighted by Gasteiger charge is -2.49. The standard InChI is InChI=1S/C21H17ClN8O6S4/c22-9-1-3-10(4-2-9)36-28-12(15-25-20(23)40-29-15)16(32)24-13-17(33)30-14(19(34)35)8(6-37-18(13)30)7-38-21-27-26-11(5-31)39-21/h1-4,13,18,31H,5-7H2,(H,24,32)(H,34,35)(H2,23,25,29)/b28-12+. The number of oxime groups is 1. The summed E-state index contributed by atoms with van der Waals surface area (Å²) in [4.78, 5) is 49.0. The number of nitrogens with two attached hydrogens (primary N) is 1. The van der Waals surface area contributed by atoms with Gasteiger partial charge in [-0.15, -0.1) is 22.0 Å². The van der Waals surface area contributed by atoms with Crippen LogP contribution in [0.2, 0.25) is 5.02 Å². The Morgan fingerprint density at radius 2 is 2.08 bits per heavy atom. The summed E-state index contributed by atoms with van der Waals surface area (Å²) in [5, 5.41) is 33.7. The highest BCUT2D eigenvalue weighted by atomic mass is 35.5. The number of thioether (sulfide) groups is 2. The minimum Gasteiger partial charge on any atom is -0.477 e. The number of aliphatic carboxylic acids is 1. The molecule has 4 heterocycles. The van der Waals surface area contributed by atoms with Crippen LogP contribution < -0.4 is 15.9 Å². The topological polar surface area (TPSA) is 206 Å². The van der Waals surface area contributed by atoms with Gasteiger partial charge in [0, 0.05) is 28.1 Å². The van der Waals surface area contributed by atoms with Crippen molar-refractivity contribution in [2.75, 3.05) is 17.2 Å². The Kier molecular flexibility index (Phi) is 8.52. The highest BCUT2D eigenvalue weighted by Gasteiger charge is 2.54. The summed E-state index contributed by atoms with van der Waals surface area (Å²) < 4.78 is 4.58. The number of aliphatic hydroxyl groups excluding tert-OH is 1. The first-order chi connectivity index (χ1) is 19.2. The molecule has 2 unspecified atom stereocenters. The molecular weight excluding hydrogens is 624 g/mol. The lowest BCUT2D eigenvalue weighted by molar-refractivity contribution is -0.150. The van der Waals surface area contributed by atoms with Gasteiger partial charge >= 0.3 is 5.97 Å². The number of nitrogens with one attached hydrogen (secondary N) is 1. The minimum atomic E-state index is -1.26. The van der Waals surface area contributed by atoms with E-state index < -0.39 is 29.2 Å². The van der Waals surface area contributed by atoms with Gasteiger partial charge in [0.15, 0.2) is 15.2 Å². The number of anilines is 1. The number of aliphatic hydroxyl groups is 1. The maximum absolute atomic E-state index is 13.2. The molecule has 0 aliphatic carbocycles. The van der Waals surface area contributed by atoms with Crippen LogP contribution in [-0.4, -0.2) is 81.1 Å². The fraction of sp³-hybridized carbons (Fsp3) is 0.238. The Hall–Kier alpha value is -3.29. The predicted octanol–water partition coefficient (Wildman–Crippen LogP) is 1.43. The Labute approximate surface area is 246 Å². The molecule has 208 valence electrons. The number of nitrogens with zero attached hydrogens (tertiary/aromatic N) is 6. The zero-order valence-corrected chi connectivity index (χ0v) is 23.9. The number of benzene rings is 1. The van der Waals surface area contributed by atoms with E-state index in [9.17, 15) is 19.5 Å². The largest absolute Gasteiger partial charge is 0.477 e. The maximum Gasteiger partial charge on any atom is 0.352 e. The van der Waals surface area contributed by atoms with Crippen LogP contribution in [0.3, 0.4) is 0 Å². The van der Waals surface area contributed by atoms with Gasteiger partial charge in [-0.2, -0.15) is 9.36 Å². The first kappa shape index (κ1) is 28.2. The van der Waals surface area contributed by atoms with Crippen LogP contribution in [0, 0.1) is 0 Å². The van der Waals surface area contributed by atoms with E-state index in [4.69, 9.17) is 27.3 Å². The van der Waals surface area contributed by atoms with E-state index in [0.717, 1.165) is 16.4 Å². The van der Waals surface area contributed by atoms with Crippen molar-refractivity contribution < 1.29 is 29.4 Å². The second-order valence-electron chi connectivity index (χ2n) is 7.97. The monoisotopic (exact) mass is 640 g/mol. The van der Waals surface area contributed by atoms with Gasteiger partial charge in [0.05, 0.1) is 6.61 Å². The molecule has 2 aromatic heterocycles. The smallest absolute Gasteiger partial charge is 0.352 e. The number of carboxylic acid groups (broad SMARTS) is 1. The third kappa shape index (κ3) is 5.91. The first-order valence-corrected chi connectivity index (χ1v) is 15.1. The number of aromatic nitrogens is 4. The van der Waals surface area contributed by atoms with E-state index in [-0.39, 0.29) is 40.5 Å². The molecule has 1 fully saturated rings. The van der Waals surface area contributed by atoms with E-state index in [1.54, 1.807) is 24.3 Å². The van der Waals surface area contributed by atoms with E-state index in [1.807, 2.05) is 0 Å². The van der Waals surface area contributed by atoms with E-state index in [0.29, 0.717) is 25.7 Å². The first-order valence-electron chi connectivity index (χ1n) is 11.1. The molecule has 40 heavy (non-hydrogen) atoms. The number of carbonyl (C=O) groups is 3. The normalized spacial score (nSPS) is 18.8. The third-order valence-electron chi connectivity index (χ3n) is 5.41. The van der Waals surface area contributed by atoms with Crippen LogP contribution in [-0.2, 0) is 21.0 Å². The molecule has 1 saturated heterocycles. The van der Waals surface area contributed by atoms with Gasteiger partial charge in [0.1, 0.15) is 22.1 Å². The van der Waals surface area contributed by atoms with Crippen LogP contribution in [0.25, 0.3) is 0 Å². The Balaban J connectivity index is 1.31. The van der Waals surface area contributed by atoms with Gasteiger partial charge in [0.2, 0.25) is 11.5 Å². The molecule has 2 amide bonds. The SMILES string of the molecule is Nc1nc(/C(=N\Oc2ccc(Cl)cc2)C(=O)NC2C(=O)N3C(C(=O)O)=C(CSc4nnc(CO)s4)CSC23)ns1. The van der Waals surface area contributed by atoms with Crippen molar-refractivity contribution in [2.45, 2.75) is 22.4 Å². The number of nitrogen functional groups attached to an aromatic ring is 1. The van der Waals surface area contributed by atoms with E-state index in [1.165, 1.54) is 34.9 Å². The summed E-state index contributed by atoms with van der Waals surface area (Å²) in [7, 11) is 0. The molecule has 2 aliphatic rings. The number of halogens is 1. The number of rotatable bonds is 10. The summed E-state index contributed by atoms with van der Waals surface area (Å²) in [6, 6.07) is 5.22. The van der Waals surface area contributed by atoms with Gasteiger partial charge in [-0.25, -0.2) is 4.79 Å². The highest BCUT2D eigenvalue weighted by Crippen LogP contribution is 2.41. The molecule has 14 nitrogen and oxygen atoms in total. The number of amides is 2. The van der Waals surface area contributed by atoms with Crippen LogP contribution in [0.4, 0.5) is 5.13 Å². The van der Waals surface area contributed by atoms with Crippen molar-refractivity contribution in [3.63, 3.8) is 0 Å². The lowest BCUT2D eigenvalue weighted by Crippen LogP contribution is -2.71. The molecule has 0 spiro atoms. The van der Waals surface area contributed by atoms with Crippen LogP contribution in [0.15, 0.2) is 45.0 Å². The number of carbonyl (C=O) groups excluding carboxylic acids is 2. The summed E-state index contributed by atoms with van der Waals surface area (Å²) in [5.41, 5.74) is 5.75. The van der Waals surface area contributed by atoms with Crippen molar-refractivity contribution >= 4 is 86.6 Å². The molecule has 5 rings (SSSR count). The minimum absolute atomic E-state index is 0.0958. The molecular formula is C21H17ClN8O6S4. The Morgan fingerprint density at radius 3 is 2.73 bits per heavy atom. The van der Waals surface area contributed by atoms with Crippen LogP contribution in [0.1, 0.15) is 10.8 Å². The molecule has 0 radical (unpaired) electrons. The van der Waals surface area contributed by atoms with Gasteiger partial charge in [-0.3, -0.25) is 14.5 Å². The molecule has 0 bridgehead atoms. The maximum atomic E-state index is 13.2. The molecule has 19 heteroatoms. The van der Waals surface area contributed by atoms with Gasteiger partial charge < -0.3 is 26.1 Å². The Bertz CT molecular complexity index is 1530. The number of hydrogen-bond donors (Lipinski definition) is 4. The summed E-state index contributed by atoms with van der Waals surface area (Å²) in [5.74, 6) is -1.89. The average molecular weight is 641 g/mol. The summed E-state index contributed by atoms with van der Waals surface area (Å²) in [6.45, 7) is -0.236. The van der Waals surface area contributed by atoms with Crippen molar-refractivity contribution in [3.8, 4) is 5.75 Å². The van der Waals surface area contributed by atoms with Crippen LogP contribution >= 0.6 is 58.0 Å². The van der Waals surface area contributed by atoms with Crippen molar-refractivity contribution in [1.82, 2.24) is 29.8 Å². The molecule has 5 N–H and O–H groups in total. The van der Waals surface area contributed by atoms with Crippen molar-refractivity contribution in [2.24, 2.45) is 5.16 Å². The molecule has 2 atom stereocenters. The number of carboxylic acids is 1. The lowest BCUT2D eigenvalue weighted by atomic mass is 10.0. The quantitative estimate of drug-likeness (QED) is 0.107. The molecule has 2 aliphatic heterocycles. The van der Waals surface area contributed by atoms with Gasteiger partial charge in [-0.1, -0.05) is 39.9 Å². The molecule has 1 aromatic carbocycles. The van der Waals surface area contributed by atoms with E-state index in [2.05, 4.69) is 30.0 Å². The summed E-state index contributed by atoms with van der Waals surface area (Å²) in [6.07, 6.45) is 0. The molecule has 0 saturated carbocycles. The predicted molar refractivity (Wildman–Crippen MR) is 149 cm³/mol. The fourth-order valence-corrected chi connectivity index (χ4v) is 7.42. The number of fused-ring (bicyclic) bond motifs is 1. The summed E-state index contributed by atoms with van der Waals surface area (Å²) >= 11 is 10.5. The zero-order chi connectivity index (χ0) is 28.4. The third-order valence-corrected chi connectivity index (χ3v) is 9.68. The number of hydrogen-bond acceptors (Lipinski definition) is 15. The fourth-order valence-electron chi connectivity index (χ4n) is 3.62. The van der Waals surface area contributed by atoms with Crippen molar-refractivity contribution in [1.29, 1.82) is 0 Å². The number of β-lactam (4-membered cyclic amide) rings is 1. The second kappa shape index (κ2) is 12.1. The van der Waals surface area contributed by atoms with Gasteiger partial charge in [0.25, 0.3) is 11.8 Å². The van der Waals surface area contributed by atoms with Gasteiger partial charge in [-0.05, 0) is 29.8 Å². The van der Waals surface area contributed by atoms with Crippen LogP contribution in [0.5, 0.6) is 5.75 Å². The van der Waals surface area contributed by atoms with E-state index >= 15 is 0 Å². The van der Waals surface area contributed by atoms with Crippen molar-refractivity contribution in [3.05, 3.63) is 51.4 Å².